The van der Waals surface area contributed by atoms with Gasteiger partial charge in [-0.2, -0.15) is 0 Å². The zero-order valence-electron chi connectivity index (χ0n) is 18.3. The maximum absolute atomic E-state index is 13.4. The number of carbonyl (C=O) groups is 1. The fourth-order valence-electron chi connectivity index (χ4n) is 4.56. The van der Waals surface area contributed by atoms with Gasteiger partial charge in [0, 0.05) is 37.3 Å². The van der Waals surface area contributed by atoms with Crippen LogP contribution in [0.2, 0.25) is 0 Å². The van der Waals surface area contributed by atoms with Crippen LogP contribution in [0.3, 0.4) is 0 Å². The molecule has 0 N–H and O–H groups in total. The Morgan fingerprint density at radius 1 is 0.818 bits per heavy atom. The lowest BCUT2D eigenvalue weighted by atomic mass is 10.0. The van der Waals surface area contributed by atoms with Crippen LogP contribution in [0.25, 0.3) is 11.1 Å². The monoisotopic (exact) mass is 463 g/mol. The molecule has 0 spiro atoms. The predicted molar refractivity (Wildman–Crippen MR) is 128 cm³/mol. The number of nitrogens with zero attached hydrogens (tertiary/aromatic N) is 3. The number of ether oxygens (including phenoxy) is 1. The van der Waals surface area contributed by atoms with Gasteiger partial charge in [0.05, 0.1) is 23.4 Å². The number of sulfonamides is 1. The number of hydrogen-bond acceptors (Lipinski definition) is 5. The van der Waals surface area contributed by atoms with Crippen LogP contribution in [-0.2, 0) is 14.8 Å². The van der Waals surface area contributed by atoms with Crippen molar-refractivity contribution in [3.8, 4) is 16.9 Å². The summed E-state index contributed by atoms with van der Waals surface area (Å²) in [7, 11) is -2.19. The van der Waals surface area contributed by atoms with E-state index in [4.69, 9.17) is 4.74 Å². The Kier molecular flexibility index (Phi) is 5.46. The van der Waals surface area contributed by atoms with Crippen LogP contribution >= 0.6 is 0 Å². The SMILES string of the molecule is COc1ccccc1N1CCN(C(=O)CN2c3ccccc3-c3ccccc3S2(=O)=O)CC1. The average Bonchev–Trinajstić information content (AvgIpc) is 2.86. The van der Waals surface area contributed by atoms with Crippen molar-refractivity contribution in [2.45, 2.75) is 4.90 Å². The zero-order valence-corrected chi connectivity index (χ0v) is 19.2. The molecule has 8 heteroatoms. The molecule has 5 rings (SSSR count). The average molecular weight is 464 g/mol. The molecule has 0 aromatic heterocycles. The minimum absolute atomic E-state index is 0.201. The predicted octanol–water partition coefficient (Wildman–Crippen LogP) is 3.22. The number of fused-ring (bicyclic) bond motifs is 3. The van der Waals surface area contributed by atoms with E-state index in [1.54, 1.807) is 36.3 Å². The Morgan fingerprint density at radius 3 is 2.15 bits per heavy atom. The Morgan fingerprint density at radius 2 is 1.42 bits per heavy atom. The number of methoxy groups -OCH3 is 1. The second-order valence-corrected chi connectivity index (χ2v) is 9.90. The van der Waals surface area contributed by atoms with E-state index < -0.39 is 10.0 Å². The van der Waals surface area contributed by atoms with E-state index >= 15 is 0 Å². The van der Waals surface area contributed by atoms with Gasteiger partial charge >= 0.3 is 0 Å². The van der Waals surface area contributed by atoms with Gasteiger partial charge in [-0.25, -0.2) is 8.42 Å². The van der Waals surface area contributed by atoms with Gasteiger partial charge in [-0.05, 0) is 24.3 Å². The maximum atomic E-state index is 13.4. The third-order valence-electron chi connectivity index (χ3n) is 6.26. The van der Waals surface area contributed by atoms with E-state index in [0.29, 0.717) is 37.4 Å². The molecule has 7 nitrogen and oxygen atoms in total. The molecule has 1 amide bonds. The highest BCUT2D eigenvalue weighted by Crippen LogP contribution is 2.42. The van der Waals surface area contributed by atoms with Crippen molar-refractivity contribution in [3.63, 3.8) is 0 Å². The van der Waals surface area contributed by atoms with E-state index in [9.17, 15) is 13.2 Å². The van der Waals surface area contributed by atoms with Crippen molar-refractivity contribution in [1.82, 2.24) is 4.90 Å². The van der Waals surface area contributed by atoms with Crippen molar-refractivity contribution in [2.75, 3.05) is 49.0 Å². The van der Waals surface area contributed by atoms with E-state index in [-0.39, 0.29) is 17.3 Å². The van der Waals surface area contributed by atoms with Crippen LogP contribution in [0.1, 0.15) is 0 Å². The summed E-state index contributed by atoms with van der Waals surface area (Å²) in [4.78, 5) is 17.4. The standard InChI is InChI=1S/C25H25N3O4S/c1-32-23-12-6-5-11-22(23)26-14-16-27(17-15-26)25(29)18-28-21-10-4-2-8-19(21)20-9-3-7-13-24(20)33(28,30)31/h2-13H,14-18H2,1H3. The van der Waals surface area contributed by atoms with Gasteiger partial charge in [-0.15, -0.1) is 0 Å². The fraction of sp³-hybridized carbons (Fsp3) is 0.240. The Bertz CT molecular complexity index is 1300. The van der Waals surface area contributed by atoms with Gasteiger partial charge in [0.1, 0.15) is 12.3 Å². The molecule has 0 atom stereocenters. The summed E-state index contributed by atoms with van der Waals surface area (Å²) in [5, 5.41) is 0. The van der Waals surface area contributed by atoms with Crippen LogP contribution < -0.4 is 13.9 Å². The lowest BCUT2D eigenvalue weighted by Crippen LogP contribution is -2.52. The zero-order chi connectivity index (χ0) is 23.0. The van der Waals surface area contributed by atoms with Gasteiger partial charge in [-0.1, -0.05) is 48.5 Å². The second kappa shape index (κ2) is 8.44. The van der Waals surface area contributed by atoms with Crippen molar-refractivity contribution in [1.29, 1.82) is 0 Å². The molecule has 1 saturated heterocycles. The van der Waals surface area contributed by atoms with Crippen LogP contribution in [-0.4, -0.2) is 59.1 Å². The van der Waals surface area contributed by atoms with E-state index in [2.05, 4.69) is 4.90 Å². The Labute approximate surface area is 193 Å². The minimum Gasteiger partial charge on any atom is -0.495 e. The van der Waals surface area contributed by atoms with Crippen molar-refractivity contribution >= 4 is 27.3 Å². The highest BCUT2D eigenvalue weighted by molar-refractivity contribution is 7.93. The van der Waals surface area contributed by atoms with E-state index in [0.717, 1.165) is 17.0 Å². The van der Waals surface area contributed by atoms with Crippen molar-refractivity contribution < 1.29 is 17.9 Å². The number of carbonyl (C=O) groups excluding carboxylic acids is 1. The molecule has 2 aliphatic rings. The van der Waals surface area contributed by atoms with Crippen LogP contribution in [0.15, 0.2) is 77.7 Å². The third-order valence-corrected chi connectivity index (χ3v) is 8.07. The number of piperazine rings is 1. The highest BCUT2D eigenvalue weighted by atomic mass is 32.2. The molecule has 0 aliphatic carbocycles. The molecule has 170 valence electrons. The van der Waals surface area contributed by atoms with E-state index in [1.165, 1.54) is 4.31 Å². The second-order valence-electron chi connectivity index (χ2n) is 8.06. The molecular formula is C25H25N3O4S. The first kappa shape index (κ1) is 21.3. The van der Waals surface area contributed by atoms with Crippen molar-refractivity contribution in [2.24, 2.45) is 0 Å². The molecule has 0 saturated carbocycles. The largest absolute Gasteiger partial charge is 0.495 e. The minimum atomic E-state index is -3.83. The quantitative estimate of drug-likeness (QED) is 0.594. The summed E-state index contributed by atoms with van der Waals surface area (Å²) in [5.74, 6) is 0.597. The summed E-state index contributed by atoms with van der Waals surface area (Å²) in [6.07, 6.45) is 0. The van der Waals surface area contributed by atoms with Gasteiger partial charge in [0.15, 0.2) is 0 Å². The molecule has 0 unspecified atom stereocenters. The number of para-hydroxylation sites is 3. The molecule has 33 heavy (non-hydrogen) atoms. The first-order valence-electron chi connectivity index (χ1n) is 10.9. The lowest BCUT2D eigenvalue weighted by molar-refractivity contribution is -0.129. The molecule has 3 aromatic rings. The number of amides is 1. The normalized spacial score (nSPS) is 16.7. The highest BCUT2D eigenvalue weighted by Gasteiger charge is 2.36. The fourth-order valence-corrected chi connectivity index (χ4v) is 6.20. The van der Waals surface area contributed by atoms with Gasteiger partial charge in [0.25, 0.3) is 10.0 Å². The Balaban J connectivity index is 1.35. The summed E-state index contributed by atoms with van der Waals surface area (Å²) in [6, 6.07) is 22.1. The summed E-state index contributed by atoms with van der Waals surface area (Å²) in [5.41, 5.74) is 3.02. The molecule has 0 bridgehead atoms. The number of benzene rings is 3. The summed E-state index contributed by atoms with van der Waals surface area (Å²) >= 11 is 0. The van der Waals surface area contributed by atoms with Crippen LogP contribution in [0, 0.1) is 0 Å². The number of hydrogen-bond donors (Lipinski definition) is 0. The maximum Gasteiger partial charge on any atom is 0.265 e. The molecule has 1 fully saturated rings. The van der Waals surface area contributed by atoms with Crippen molar-refractivity contribution in [3.05, 3.63) is 72.8 Å². The molecule has 2 heterocycles. The van der Waals surface area contributed by atoms with Gasteiger partial charge < -0.3 is 14.5 Å². The molecule has 3 aromatic carbocycles. The van der Waals surface area contributed by atoms with Gasteiger partial charge in [0.2, 0.25) is 5.91 Å². The topological polar surface area (TPSA) is 70.2 Å². The Hall–Kier alpha value is -3.52. The summed E-state index contributed by atoms with van der Waals surface area (Å²) in [6.45, 7) is 2.12. The van der Waals surface area contributed by atoms with E-state index in [1.807, 2.05) is 48.5 Å². The molecule has 0 radical (unpaired) electrons. The van der Waals surface area contributed by atoms with Gasteiger partial charge in [-0.3, -0.25) is 9.10 Å². The lowest BCUT2D eigenvalue weighted by Gasteiger charge is -2.38. The third kappa shape index (κ3) is 3.70. The van der Waals surface area contributed by atoms with Crippen LogP contribution in [0.5, 0.6) is 5.75 Å². The first-order valence-corrected chi connectivity index (χ1v) is 12.3. The number of rotatable bonds is 4. The smallest absolute Gasteiger partial charge is 0.265 e. The first-order chi connectivity index (χ1) is 16.0. The molecular weight excluding hydrogens is 438 g/mol. The van der Waals surface area contributed by atoms with Crippen LogP contribution in [0.4, 0.5) is 11.4 Å². The number of anilines is 2. The molecule has 2 aliphatic heterocycles. The summed E-state index contributed by atoms with van der Waals surface area (Å²) < 4.78 is 33.6.